The molecule has 1 aromatic carbocycles. The van der Waals surface area contributed by atoms with Crippen molar-refractivity contribution in [2.24, 2.45) is 10.9 Å². The van der Waals surface area contributed by atoms with Crippen LogP contribution in [0.3, 0.4) is 0 Å². The Balaban J connectivity index is 1.21. The van der Waals surface area contributed by atoms with Gasteiger partial charge in [-0.05, 0) is 54.8 Å². The van der Waals surface area contributed by atoms with Crippen LogP contribution >= 0.6 is 11.3 Å². The number of benzene rings is 1. The van der Waals surface area contributed by atoms with Gasteiger partial charge < -0.3 is 20.4 Å². The first-order chi connectivity index (χ1) is 14.6. The first-order valence-electron chi connectivity index (χ1n) is 10.6. The van der Waals surface area contributed by atoms with E-state index in [4.69, 9.17) is 0 Å². The Kier molecular flexibility index (Phi) is 6.72. The third-order valence-corrected chi connectivity index (χ3v) is 6.92. The molecule has 0 bridgehead atoms. The van der Waals surface area contributed by atoms with E-state index in [2.05, 4.69) is 42.9 Å². The third-order valence-electron chi connectivity index (χ3n) is 5.99. The number of piperidine rings is 1. The SMILES string of the molecule is CN=C(NCC1CCN(c2ccc(F)c(F)c2)C1)NC1CCN(c2cccs2)CC1. The van der Waals surface area contributed by atoms with E-state index in [1.54, 1.807) is 24.5 Å². The Hall–Kier alpha value is -2.35. The van der Waals surface area contributed by atoms with Crippen LogP contribution in [-0.4, -0.2) is 51.8 Å². The van der Waals surface area contributed by atoms with Gasteiger partial charge in [-0.2, -0.15) is 0 Å². The summed E-state index contributed by atoms with van der Waals surface area (Å²) < 4.78 is 26.7. The minimum Gasteiger partial charge on any atom is -0.371 e. The minimum atomic E-state index is -0.799. The largest absolute Gasteiger partial charge is 0.371 e. The molecule has 2 aliphatic heterocycles. The summed E-state index contributed by atoms with van der Waals surface area (Å²) in [5.74, 6) is -0.302. The second-order valence-corrected chi connectivity index (χ2v) is 8.94. The van der Waals surface area contributed by atoms with E-state index in [-0.39, 0.29) is 0 Å². The van der Waals surface area contributed by atoms with Gasteiger partial charge in [-0.1, -0.05) is 0 Å². The molecule has 5 nitrogen and oxygen atoms in total. The summed E-state index contributed by atoms with van der Waals surface area (Å²) in [6.45, 7) is 4.61. The highest BCUT2D eigenvalue weighted by Crippen LogP contribution is 2.26. The Bertz CT molecular complexity index is 849. The van der Waals surface area contributed by atoms with Crippen LogP contribution in [0, 0.1) is 17.6 Å². The molecule has 0 spiro atoms. The van der Waals surface area contributed by atoms with Crippen LogP contribution in [0.25, 0.3) is 0 Å². The molecule has 0 saturated carbocycles. The molecule has 2 saturated heterocycles. The minimum absolute atomic E-state index is 0.426. The highest BCUT2D eigenvalue weighted by Gasteiger charge is 2.25. The van der Waals surface area contributed by atoms with Gasteiger partial charge in [0, 0.05) is 57.6 Å². The van der Waals surface area contributed by atoms with Crippen molar-refractivity contribution in [1.29, 1.82) is 0 Å². The van der Waals surface area contributed by atoms with Gasteiger partial charge in [0.15, 0.2) is 17.6 Å². The van der Waals surface area contributed by atoms with Gasteiger partial charge in [-0.25, -0.2) is 8.78 Å². The van der Waals surface area contributed by atoms with Gasteiger partial charge in [0.25, 0.3) is 0 Å². The van der Waals surface area contributed by atoms with Gasteiger partial charge in [0.2, 0.25) is 0 Å². The second-order valence-electron chi connectivity index (χ2n) is 8.01. The van der Waals surface area contributed by atoms with Crippen molar-refractivity contribution in [2.75, 3.05) is 49.6 Å². The first-order valence-corrected chi connectivity index (χ1v) is 11.5. The number of nitrogens with one attached hydrogen (secondary N) is 2. The Morgan fingerprint density at radius 3 is 2.60 bits per heavy atom. The fourth-order valence-electron chi connectivity index (χ4n) is 4.24. The van der Waals surface area contributed by atoms with E-state index in [0.717, 1.165) is 63.6 Å². The number of guanidine groups is 1. The third kappa shape index (κ3) is 5.03. The molecule has 8 heteroatoms. The zero-order valence-corrected chi connectivity index (χ0v) is 18.1. The molecule has 2 aliphatic rings. The Morgan fingerprint density at radius 1 is 1.10 bits per heavy atom. The van der Waals surface area contributed by atoms with Crippen molar-refractivity contribution < 1.29 is 8.78 Å². The van der Waals surface area contributed by atoms with Crippen LogP contribution in [-0.2, 0) is 0 Å². The zero-order valence-electron chi connectivity index (χ0n) is 17.3. The van der Waals surface area contributed by atoms with E-state index in [1.807, 2.05) is 0 Å². The van der Waals surface area contributed by atoms with Crippen molar-refractivity contribution in [3.05, 3.63) is 47.3 Å². The van der Waals surface area contributed by atoms with E-state index >= 15 is 0 Å². The maximum absolute atomic E-state index is 13.5. The van der Waals surface area contributed by atoms with Crippen LogP contribution < -0.4 is 20.4 Å². The van der Waals surface area contributed by atoms with Gasteiger partial charge in [0.05, 0.1) is 5.00 Å². The van der Waals surface area contributed by atoms with Crippen LogP contribution in [0.4, 0.5) is 19.5 Å². The number of thiophene rings is 1. The highest BCUT2D eigenvalue weighted by atomic mass is 32.1. The van der Waals surface area contributed by atoms with Crippen molar-refractivity contribution in [1.82, 2.24) is 10.6 Å². The summed E-state index contributed by atoms with van der Waals surface area (Å²) in [6.07, 6.45) is 3.19. The summed E-state index contributed by atoms with van der Waals surface area (Å²) >= 11 is 1.80. The van der Waals surface area contributed by atoms with Crippen LogP contribution in [0.2, 0.25) is 0 Å². The quantitative estimate of drug-likeness (QED) is 0.558. The van der Waals surface area contributed by atoms with Gasteiger partial charge in [-0.15, -0.1) is 11.3 Å². The van der Waals surface area contributed by atoms with Gasteiger partial charge in [0.1, 0.15) is 0 Å². The average molecular weight is 434 g/mol. The molecule has 0 aliphatic carbocycles. The lowest BCUT2D eigenvalue weighted by atomic mass is 10.1. The molecule has 1 unspecified atom stereocenters. The number of anilines is 2. The van der Waals surface area contributed by atoms with E-state index < -0.39 is 11.6 Å². The Morgan fingerprint density at radius 2 is 1.90 bits per heavy atom. The fourth-order valence-corrected chi connectivity index (χ4v) is 5.02. The number of aliphatic imine (C=N–C) groups is 1. The van der Waals surface area contributed by atoms with E-state index in [0.29, 0.717) is 12.0 Å². The standard InChI is InChI=1S/C22H29F2N5S/c1-25-22(27-17-7-10-28(11-8-17)21-3-2-12-30-21)26-14-16-6-9-29(15-16)18-4-5-19(23)20(24)13-18/h2-5,12-13,16-17H,6-11,14-15H2,1H3,(H2,25,26,27). The van der Waals surface area contributed by atoms with E-state index in [1.165, 1.54) is 17.1 Å². The van der Waals surface area contributed by atoms with Crippen molar-refractivity contribution in [2.45, 2.75) is 25.3 Å². The summed E-state index contributed by atoms with van der Waals surface area (Å²) in [6, 6.07) is 8.85. The van der Waals surface area contributed by atoms with Crippen molar-refractivity contribution in [3.8, 4) is 0 Å². The average Bonchev–Trinajstić information content (AvgIpc) is 3.46. The summed E-state index contributed by atoms with van der Waals surface area (Å²) in [4.78, 5) is 8.95. The number of hydrogen-bond donors (Lipinski definition) is 2. The van der Waals surface area contributed by atoms with Crippen LogP contribution in [0.15, 0.2) is 40.7 Å². The molecule has 4 rings (SSSR count). The van der Waals surface area contributed by atoms with E-state index in [9.17, 15) is 8.78 Å². The summed E-state index contributed by atoms with van der Waals surface area (Å²) in [5.41, 5.74) is 0.747. The predicted molar refractivity (Wildman–Crippen MR) is 121 cm³/mol. The number of hydrogen-bond acceptors (Lipinski definition) is 4. The molecule has 30 heavy (non-hydrogen) atoms. The van der Waals surface area contributed by atoms with Gasteiger partial charge in [-0.3, -0.25) is 4.99 Å². The van der Waals surface area contributed by atoms with Crippen LogP contribution in [0.5, 0.6) is 0 Å². The zero-order chi connectivity index (χ0) is 20.9. The molecule has 2 N–H and O–H groups in total. The molecule has 3 heterocycles. The molecule has 0 radical (unpaired) electrons. The molecule has 0 amide bonds. The molecule has 2 aromatic rings. The topological polar surface area (TPSA) is 42.9 Å². The maximum Gasteiger partial charge on any atom is 0.191 e. The molecular weight excluding hydrogens is 404 g/mol. The lowest BCUT2D eigenvalue weighted by Crippen LogP contribution is -2.49. The normalized spacial score (nSPS) is 20.6. The lowest BCUT2D eigenvalue weighted by Gasteiger charge is -2.33. The molecule has 1 aromatic heterocycles. The van der Waals surface area contributed by atoms with Crippen molar-refractivity contribution >= 4 is 28.0 Å². The smallest absolute Gasteiger partial charge is 0.191 e. The highest BCUT2D eigenvalue weighted by molar-refractivity contribution is 7.14. The fraction of sp³-hybridized carbons (Fsp3) is 0.500. The molecule has 2 fully saturated rings. The molecule has 1 atom stereocenters. The van der Waals surface area contributed by atoms with Crippen LogP contribution in [0.1, 0.15) is 19.3 Å². The summed E-state index contributed by atoms with van der Waals surface area (Å²) in [5, 5.41) is 10.5. The lowest BCUT2D eigenvalue weighted by molar-refractivity contribution is 0.459. The van der Waals surface area contributed by atoms with Crippen molar-refractivity contribution in [3.63, 3.8) is 0 Å². The molecular formula is C22H29F2N5S. The first kappa shape index (κ1) is 20.9. The number of nitrogens with zero attached hydrogens (tertiary/aromatic N) is 3. The maximum atomic E-state index is 13.5. The molecule has 162 valence electrons. The number of halogens is 2. The summed E-state index contributed by atoms with van der Waals surface area (Å²) in [7, 11) is 1.80. The Labute approximate surface area is 180 Å². The monoisotopic (exact) mass is 433 g/mol. The van der Waals surface area contributed by atoms with Gasteiger partial charge >= 0.3 is 0 Å². The predicted octanol–water partition coefficient (Wildman–Crippen LogP) is 3.69. The second kappa shape index (κ2) is 9.64. The number of rotatable bonds is 5.